The van der Waals surface area contributed by atoms with Crippen LogP contribution in [0.15, 0.2) is 237 Å². The first-order chi connectivity index (χ1) is 39.1. The Balaban J connectivity index is 1.06. The number of hydrogen-bond donors (Lipinski definition) is 0. The standard InChI is InChI=1S/C67H39F5N8/c68-48-33-46(34-49(69)39-48)47-37-58(79-54-27-15-13-25-50(54)52-31-29-44(35-56(52)79)65-75-61(40-17-5-1-6-18-40)73-62(76-65)41-19-7-2-8-20-41)60(67(70,71)72)59(38-47)80-55-28-16-14-26-51(55)53-32-30-45(36-57(53)80)66-77-63(42-21-9-3-10-22-42)74-64(78-66)43-23-11-4-12-24-43/h1-39H. The Morgan fingerprint density at radius 3 is 0.912 bits per heavy atom. The molecule has 382 valence electrons. The fourth-order valence-corrected chi connectivity index (χ4v) is 10.8. The smallest absolute Gasteiger partial charge is 0.309 e. The molecular weight excluding hydrogens is 1010 g/mol. The number of hydrogen-bond acceptors (Lipinski definition) is 6. The highest BCUT2D eigenvalue weighted by molar-refractivity contribution is 6.12. The van der Waals surface area contributed by atoms with Gasteiger partial charge in [-0.2, -0.15) is 13.2 Å². The Morgan fingerprint density at radius 2 is 0.562 bits per heavy atom. The summed E-state index contributed by atoms with van der Waals surface area (Å²) in [5.74, 6) is 0.440. The molecule has 0 saturated carbocycles. The number of halogens is 5. The van der Waals surface area contributed by atoms with Crippen LogP contribution in [0.5, 0.6) is 0 Å². The molecule has 0 radical (unpaired) electrons. The van der Waals surface area contributed by atoms with E-state index in [4.69, 9.17) is 29.9 Å². The molecule has 13 heteroatoms. The molecule has 0 aliphatic carbocycles. The number of benzene rings is 10. The van der Waals surface area contributed by atoms with Gasteiger partial charge in [0.1, 0.15) is 17.2 Å². The lowest BCUT2D eigenvalue weighted by molar-refractivity contribution is -0.137. The number of fused-ring (bicyclic) bond motifs is 6. The van der Waals surface area contributed by atoms with E-state index in [9.17, 15) is 0 Å². The first kappa shape index (κ1) is 47.9. The van der Waals surface area contributed by atoms with Crippen molar-refractivity contribution in [3.63, 3.8) is 0 Å². The number of aromatic nitrogens is 8. The van der Waals surface area contributed by atoms with Crippen molar-refractivity contribution in [2.24, 2.45) is 0 Å². The predicted octanol–water partition coefficient (Wildman–Crippen LogP) is 17.2. The van der Waals surface area contributed by atoms with Gasteiger partial charge in [-0.25, -0.2) is 38.7 Å². The van der Waals surface area contributed by atoms with Gasteiger partial charge in [0.25, 0.3) is 0 Å². The summed E-state index contributed by atoms with van der Waals surface area (Å²) in [6.45, 7) is 0. The summed E-state index contributed by atoms with van der Waals surface area (Å²) in [4.78, 5) is 29.6. The van der Waals surface area contributed by atoms with Crippen LogP contribution in [-0.4, -0.2) is 39.0 Å². The molecule has 14 rings (SSSR count). The van der Waals surface area contributed by atoms with E-state index in [-0.39, 0.29) is 22.5 Å². The molecule has 0 bridgehead atoms. The number of rotatable bonds is 9. The molecule has 0 saturated heterocycles. The van der Waals surface area contributed by atoms with Crippen LogP contribution in [0.25, 0.3) is 134 Å². The van der Waals surface area contributed by atoms with Crippen molar-refractivity contribution in [1.29, 1.82) is 0 Å². The summed E-state index contributed by atoms with van der Waals surface area (Å²) in [6.07, 6.45) is -5.05. The summed E-state index contributed by atoms with van der Waals surface area (Å²) >= 11 is 0. The van der Waals surface area contributed by atoms with E-state index >= 15 is 22.0 Å². The summed E-state index contributed by atoms with van der Waals surface area (Å²) in [5, 5.41) is 2.62. The Morgan fingerprint density at radius 1 is 0.263 bits per heavy atom. The molecule has 8 nitrogen and oxygen atoms in total. The van der Waals surface area contributed by atoms with E-state index < -0.39 is 23.4 Å². The average Bonchev–Trinajstić information content (AvgIpc) is 4.15. The zero-order chi connectivity index (χ0) is 54.1. The van der Waals surface area contributed by atoms with Crippen LogP contribution in [0.3, 0.4) is 0 Å². The van der Waals surface area contributed by atoms with Gasteiger partial charge in [-0.1, -0.05) is 182 Å². The van der Waals surface area contributed by atoms with Gasteiger partial charge in [0.05, 0.1) is 33.4 Å². The minimum Gasteiger partial charge on any atom is -0.309 e. The van der Waals surface area contributed by atoms with Crippen molar-refractivity contribution < 1.29 is 22.0 Å². The van der Waals surface area contributed by atoms with Crippen LogP contribution >= 0.6 is 0 Å². The highest BCUT2D eigenvalue weighted by atomic mass is 19.4. The fraction of sp³-hybridized carbons (Fsp3) is 0.0149. The Bertz CT molecular complexity index is 4320. The molecular formula is C67H39F5N8. The van der Waals surface area contributed by atoms with Crippen molar-refractivity contribution in [3.8, 4) is 90.8 Å². The zero-order valence-corrected chi connectivity index (χ0v) is 42.0. The highest BCUT2D eigenvalue weighted by Crippen LogP contribution is 2.47. The van der Waals surface area contributed by atoms with Crippen molar-refractivity contribution in [1.82, 2.24) is 39.0 Å². The predicted molar refractivity (Wildman–Crippen MR) is 305 cm³/mol. The van der Waals surface area contributed by atoms with E-state index in [1.807, 2.05) is 170 Å². The molecule has 0 atom stereocenters. The summed E-state index contributed by atoms with van der Waals surface area (Å²) in [6, 6.07) is 69.1. The molecule has 0 aliphatic rings. The van der Waals surface area contributed by atoms with Crippen LogP contribution in [0.2, 0.25) is 0 Å². The van der Waals surface area contributed by atoms with Crippen molar-refractivity contribution in [2.45, 2.75) is 6.18 Å². The van der Waals surface area contributed by atoms with Crippen molar-refractivity contribution in [3.05, 3.63) is 254 Å². The molecule has 0 fully saturated rings. The molecule has 0 aliphatic heterocycles. The van der Waals surface area contributed by atoms with E-state index in [2.05, 4.69) is 0 Å². The molecule has 4 aromatic heterocycles. The van der Waals surface area contributed by atoms with Crippen LogP contribution in [0.1, 0.15) is 5.56 Å². The lowest BCUT2D eigenvalue weighted by atomic mass is 9.98. The SMILES string of the molecule is Fc1cc(F)cc(-c2cc(-n3c4ccccc4c4ccc(-c5nc(-c6ccccc6)nc(-c6ccccc6)n5)cc43)c(C(F)(F)F)c(-n3c4ccccc4c4ccc(-c5nc(-c6ccccc6)nc(-c6ccccc6)n5)cc43)c2)c1. The van der Waals surface area contributed by atoms with Gasteiger partial charge in [0, 0.05) is 61.0 Å². The topological polar surface area (TPSA) is 87.2 Å². The zero-order valence-electron chi connectivity index (χ0n) is 42.0. The third kappa shape index (κ3) is 8.48. The average molecular weight is 1050 g/mol. The maximum Gasteiger partial charge on any atom is 0.420 e. The number of nitrogens with zero attached hydrogens (tertiary/aromatic N) is 8. The maximum atomic E-state index is 17.1. The quantitative estimate of drug-likeness (QED) is 0.134. The molecule has 0 N–H and O–H groups in total. The first-order valence-electron chi connectivity index (χ1n) is 25.6. The highest BCUT2D eigenvalue weighted by Gasteiger charge is 2.40. The Kier molecular flexibility index (Phi) is 11.5. The van der Waals surface area contributed by atoms with Gasteiger partial charge in [-0.3, -0.25) is 0 Å². The minimum atomic E-state index is -5.05. The fourth-order valence-electron chi connectivity index (χ4n) is 10.8. The van der Waals surface area contributed by atoms with Crippen LogP contribution in [0.4, 0.5) is 22.0 Å². The first-order valence-corrected chi connectivity index (χ1v) is 25.6. The van der Waals surface area contributed by atoms with Crippen molar-refractivity contribution >= 4 is 43.6 Å². The van der Waals surface area contributed by atoms with Gasteiger partial charge in [0.15, 0.2) is 34.9 Å². The lowest BCUT2D eigenvalue weighted by Gasteiger charge is -2.23. The van der Waals surface area contributed by atoms with E-state index in [0.29, 0.717) is 89.7 Å². The monoisotopic (exact) mass is 1050 g/mol. The molecule has 80 heavy (non-hydrogen) atoms. The molecule has 14 aromatic rings. The minimum absolute atomic E-state index is 0.0285. The van der Waals surface area contributed by atoms with Crippen LogP contribution < -0.4 is 0 Å². The molecule has 4 heterocycles. The van der Waals surface area contributed by atoms with Gasteiger partial charge in [-0.15, -0.1) is 0 Å². The largest absolute Gasteiger partial charge is 0.420 e. The van der Waals surface area contributed by atoms with Gasteiger partial charge >= 0.3 is 6.18 Å². The van der Waals surface area contributed by atoms with Crippen LogP contribution in [0, 0.1) is 11.6 Å². The summed E-state index contributed by atoms with van der Waals surface area (Å²) in [7, 11) is 0. The van der Waals surface area contributed by atoms with Crippen LogP contribution in [-0.2, 0) is 6.18 Å². The molecule has 0 spiro atoms. The van der Waals surface area contributed by atoms with E-state index in [1.165, 1.54) is 12.1 Å². The van der Waals surface area contributed by atoms with Crippen molar-refractivity contribution in [2.75, 3.05) is 0 Å². The molecule has 10 aromatic carbocycles. The van der Waals surface area contributed by atoms with E-state index in [0.717, 1.165) is 40.5 Å². The summed E-state index contributed by atoms with van der Waals surface area (Å²) < 4.78 is 85.3. The lowest BCUT2D eigenvalue weighted by Crippen LogP contribution is -2.16. The van der Waals surface area contributed by atoms with Gasteiger partial charge < -0.3 is 9.13 Å². The molecule has 0 unspecified atom stereocenters. The van der Waals surface area contributed by atoms with E-state index in [1.54, 1.807) is 45.5 Å². The number of para-hydroxylation sites is 2. The second kappa shape index (κ2) is 19.2. The second-order valence-electron chi connectivity index (χ2n) is 19.3. The Hall–Kier alpha value is -10.5. The second-order valence-corrected chi connectivity index (χ2v) is 19.3. The molecule has 0 amide bonds. The van der Waals surface area contributed by atoms with Gasteiger partial charge in [0.2, 0.25) is 0 Å². The number of alkyl halides is 3. The third-order valence-electron chi connectivity index (χ3n) is 14.3. The van der Waals surface area contributed by atoms with Gasteiger partial charge in [-0.05, 0) is 59.7 Å². The maximum absolute atomic E-state index is 17.1. The summed E-state index contributed by atoms with van der Waals surface area (Å²) in [5.41, 5.74) is 4.27. The third-order valence-corrected chi connectivity index (χ3v) is 14.3. The Labute approximate surface area is 453 Å². The normalized spacial score (nSPS) is 11.8.